The highest BCUT2D eigenvalue weighted by Gasteiger charge is 2.43. The molecule has 158 valence electrons. The minimum atomic E-state index is -3.52. The molecule has 0 bridgehead atoms. The molecule has 1 heterocycles. The number of rotatable bonds is 8. The highest BCUT2D eigenvalue weighted by molar-refractivity contribution is 7.89. The van der Waals surface area contributed by atoms with E-state index in [1.807, 2.05) is 17.0 Å². The van der Waals surface area contributed by atoms with E-state index in [4.69, 9.17) is 0 Å². The second-order valence-corrected chi connectivity index (χ2v) is 10.1. The molecule has 1 N–H and O–H groups in total. The predicted octanol–water partition coefficient (Wildman–Crippen LogP) is 1.75. The Morgan fingerprint density at radius 2 is 1.83 bits per heavy atom. The van der Waals surface area contributed by atoms with Crippen molar-refractivity contribution in [2.75, 3.05) is 32.7 Å². The van der Waals surface area contributed by atoms with Crippen molar-refractivity contribution < 1.29 is 13.2 Å². The smallest absolute Gasteiger partial charge is 0.243 e. The van der Waals surface area contributed by atoms with Crippen LogP contribution in [0.5, 0.6) is 0 Å². The number of carbonyl (C=O) groups excluding carboxylic acids is 1. The molecule has 29 heavy (non-hydrogen) atoms. The Kier molecular flexibility index (Phi) is 6.62. The van der Waals surface area contributed by atoms with E-state index in [2.05, 4.69) is 18.3 Å². The van der Waals surface area contributed by atoms with Gasteiger partial charge in [0.05, 0.1) is 17.5 Å². The summed E-state index contributed by atoms with van der Waals surface area (Å²) in [5.74, 6) is 0.0610. The van der Waals surface area contributed by atoms with Crippen molar-refractivity contribution in [3.63, 3.8) is 0 Å². The van der Waals surface area contributed by atoms with Crippen LogP contribution in [0.1, 0.15) is 38.7 Å². The van der Waals surface area contributed by atoms with Gasteiger partial charge in [-0.1, -0.05) is 25.5 Å². The number of amides is 1. The summed E-state index contributed by atoms with van der Waals surface area (Å²) in [6.07, 6.45) is 3.91. The van der Waals surface area contributed by atoms with Crippen molar-refractivity contribution in [1.29, 1.82) is 5.26 Å². The third-order valence-corrected chi connectivity index (χ3v) is 7.74. The number of nitriles is 1. The molecule has 1 atom stereocenters. The van der Waals surface area contributed by atoms with Gasteiger partial charge in [0.25, 0.3) is 0 Å². The summed E-state index contributed by atoms with van der Waals surface area (Å²) in [5, 5.41) is 12.2. The summed E-state index contributed by atoms with van der Waals surface area (Å²) in [6.45, 7) is 5.75. The number of sulfonamides is 1. The standard InChI is InChI=1S/C21H30N4O3S/c1-3-4-17-5-9-19(10-6-17)29(27,28)25-13-11-24(12-14-25)15-20(26)23-21(2,16-22)18-7-8-18/h5-6,9-10,18H,3-4,7-8,11-15H2,1-2H3,(H,23,26)/t21-/m1/s1. The van der Waals surface area contributed by atoms with Crippen molar-refractivity contribution in [3.05, 3.63) is 29.8 Å². The van der Waals surface area contributed by atoms with Crippen LogP contribution in [-0.2, 0) is 21.2 Å². The molecule has 1 aliphatic heterocycles. The van der Waals surface area contributed by atoms with Crippen molar-refractivity contribution >= 4 is 15.9 Å². The first kappa shape index (κ1) is 21.8. The minimum absolute atomic E-state index is 0.177. The van der Waals surface area contributed by atoms with Crippen LogP contribution in [0.15, 0.2) is 29.2 Å². The number of nitrogens with zero attached hydrogens (tertiary/aromatic N) is 3. The average molecular weight is 419 g/mol. The third kappa shape index (κ3) is 5.16. The molecule has 1 aliphatic carbocycles. The molecule has 1 amide bonds. The number of nitrogens with one attached hydrogen (secondary N) is 1. The summed E-state index contributed by atoms with van der Waals surface area (Å²) >= 11 is 0. The van der Waals surface area contributed by atoms with Crippen molar-refractivity contribution in [2.24, 2.45) is 5.92 Å². The highest BCUT2D eigenvalue weighted by Crippen LogP contribution is 2.39. The van der Waals surface area contributed by atoms with Gasteiger partial charge >= 0.3 is 0 Å². The van der Waals surface area contributed by atoms with Gasteiger partial charge < -0.3 is 5.32 Å². The third-order valence-electron chi connectivity index (χ3n) is 5.82. The predicted molar refractivity (Wildman–Crippen MR) is 111 cm³/mol. The van der Waals surface area contributed by atoms with Crippen LogP contribution in [-0.4, -0.2) is 61.8 Å². The molecule has 0 radical (unpaired) electrons. The van der Waals surface area contributed by atoms with Crippen molar-refractivity contribution in [1.82, 2.24) is 14.5 Å². The van der Waals surface area contributed by atoms with Crippen LogP contribution in [0.25, 0.3) is 0 Å². The molecule has 7 nitrogen and oxygen atoms in total. The van der Waals surface area contributed by atoms with Crippen LogP contribution in [0.3, 0.4) is 0 Å². The van der Waals surface area contributed by atoms with Gasteiger partial charge in [0.15, 0.2) is 0 Å². The van der Waals surface area contributed by atoms with Crippen LogP contribution in [0.2, 0.25) is 0 Å². The first-order valence-electron chi connectivity index (χ1n) is 10.3. The second kappa shape index (κ2) is 8.82. The summed E-state index contributed by atoms with van der Waals surface area (Å²) in [5.41, 5.74) is 0.337. The lowest BCUT2D eigenvalue weighted by atomic mass is 9.98. The number of carbonyl (C=O) groups is 1. The molecular weight excluding hydrogens is 388 g/mol. The Morgan fingerprint density at radius 1 is 1.21 bits per heavy atom. The van der Waals surface area contributed by atoms with Gasteiger partial charge in [-0.15, -0.1) is 0 Å². The molecule has 8 heteroatoms. The first-order chi connectivity index (χ1) is 13.8. The van der Waals surface area contributed by atoms with Gasteiger partial charge in [0, 0.05) is 26.2 Å². The van der Waals surface area contributed by atoms with E-state index in [0.29, 0.717) is 31.1 Å². The molecule has 2 fully saturated rings. The average Bonchev–Trinajstić information content (AvgIpc) is 3.55. The number of piperazine rings is 1. The van der Waals surface area contributed by atoms with Crippen molar-refractivity contribution in [3.8, 4) is 6.07 Å². The molecule has 1 saturated heterocycles. The molecule has 1 aromatic carbocycles. The minimum Gasteiger partial charge on any atom is -0.337 e. The van der Waals surface area contributed by atoms with Gasteiger partial charge in [-0.25, -0.2) is 8.42 Å². The number of hydrogen-bond donors (Lipinski definition) is 1. The van der Waals surface area contributed by atoms with Gasteiger partial charge in [-0.3, -0.25) is 9.69 Å². The van der Waals surface area contributed by atoms with Crippen LogP contribution < -0.4 is 5.32 Å². The number of benzene rings is 1. The van der Waals surface area contributed by atoms with Gasteiger partial charge in [0.1, 0.15) is 5.54 Å². The second-order valence-electron chi connectivity index (χ2n) is 8.21. The lowest BCUT2D eigenvalue weighted by Gasteiger charge is -2.34. The number of aryl methyl sites for hydroxylation is 1. The topological polar surface area (TPSA) is 93.5 Å². The Bertz CT molecular complexity index is 866. The first-order valence-corrected chi connectivity index (χ1v) is 11.8. The van der Waals surface area contributed by atoms with Gasteiger partial charge in [-0.2, -0.15) is 9.57 Å². The Balaban J connectivity index is 1.53. The van der Waals surface area contributed by atoms with E-state index < -0.39 is 15.6 Å². The van der Waals surface area contributed by atoms with Crippen molar-refractivity contribution in [2.45, 2.75) is 50.0 Å². The molecule has 1 aromatic rings. The van der Waals surface area contributed by atoms with Crippen LogP contribution in [0.4, 0.5) is 0 Å². The zero-order valence-electron chi connectivity index (χ0n) is 17.2. The fourth-order valence-corrected chi connectivity index (χ4v) is 5.23. The summed E-state index contributed by atoms with van der Waals surface area (Å²) in [7, 11) is -3.52. The molecule has 0 spiro atoms. The quantitative estimate of drug-likeness (QED) is 0.694. The van der Waals surface area contributed by atoms with E-state index in [1.165, 1.54) is 4.31 Å². The van der Waals surface area contributed by atoms with E-state index in [-0.39, 0.29) is 18.4 Å². The maximum absolute atomic E-state index is 12.9. The monoisotopic (exact) mass is 418 g/mol. The lowest BCUT2D eigenvalue weighted by molar-refractivity contribution is -0.123. The fourth-order valence-electron chi connectivity index (χ4n) is 3.81. The van der Waals surface area contributed by atoms with Crippen LogP contribution >= 0.6 is 0 Å². The van der Waals surface area contributed by atoms with E-state index in [0.717, 1.165) is 31.2 Å². The molecular formula is C21H30N4O3S. The highest BCUT2D eigenvalue weighted by atomic mass is 32.2. The van der Waals surface area contributed by atoms with Gasteiger partial charge in [-0.05, 0) is 49.8 Å². The normalized spacial score (nSPS) is 20.6. The summed E-state index contributed by atoms with van der Waals surface area (Å²) < 4.78 is 27.3. The molecule has 2 aliphatic rings. The number of hydrogen-bond acceptors (Lipinski definition) is 5. The van der Waals surface area contributed by atoms with E-state index in [1.54, 1.807) is 19.1 Å². The Morgan fingerprint density at radius 3 is 2.34 bits per heavy atom. The SMILES string of the molecule is CCCc1ccc(S(=O)(=O)N2CCN(CC(=O)N[C@](C)(C#N)C3CC3)CC2)cc1. The Labute approximate surface area is 173 Å². The molecule has 0 unspecified atom stereocenters. The fraction of sp³-hybridized carbons (Fsp3) is 0.619. The maximum Gasteiger partial charge on any atom is 0.243 e. The summed E-state index contributed by atoms with van der Waals surface area (Å²) in [4.78, 5) is 14.6. The van der Waals surface area contributed by atoms with Gasteiger partial charge in [0.2, 0.25) is 15.9 Å². The molecule has 3 rings (SSSR count). The van der Waals surface area contributed by atoms with E-state index in [9.17, 15) is 18.5 Å². The zero-order chi connectivity index (χ0) is 21.1. The maximum atomic E-state index is 12.9. The zero-order valence-corrected chi connectivity index (χ0v) is 18.0. The Hall–Kier alpha value is -1.95. The summed E-state index contributed by atoms with van der Waals surface area (Å²) in [6, 6.07) is 9.35. The van der Waals surface area contributed by atoms with Crippen LogP contribution in [0, 0.1) is 17.2 Å². The largest absolute Gasteiger partial charge is 0.337 e. The lowest BCUT2D eigenvalue weighted by Crippen LogP contribution is -2.54. The van der Waals surface area contributed by atoms with E-state index >= 15 is 0 Å². The molecule has 0 aromatic heterocycles. The molecule has 1 saturated carbocycles.